The highest BCUT2D eigenvalue weighted by Crippen LogP contribution is 2.28. The van der Waals surface area contributed by atoms with Crippen molar-refractivity contribution < 1.29 is 27.5 Å². The molecule has 0 saturated carbocycles. The molecule has 4 rings (SSSR count). The molecule has 0 saturated heterocycles. The van der Waals surface area contributed by atoms with Gasteiger partial charge in [0.1, 0.15) is 24.1 Å². The Morgan fingerprint density at radius 3 is 2.15 bits per heavy atom. The van der Waals surface area contributed by atoms with Gasteiger partial charge in [-0.1, -0.05) is 42.5 Å². The molecule has 0 aliphatic rings. The van der Waals surface area contributed by atoms with Gasteiger partial charge in [-0.05, 0) is 85.0 Å². The van der Waals surface area contributed by atoms with Crippen LogP contribution >= 0.6 is 11.8 Å². The molecule has 9 nitrogen and oxygen atoms in total. The highest BCUT2D eigenvalue weighted by atomic mass is 32.2. The summed E-state index contributed by atoms with van der Waals surface area (Å²) in [7, 11) is -1.14. The number of nitrogens with zero attached hydrogens (tertiary/aromatic N) is 2. The van der Waals surface area contributed by atoms with E-state index in [2.05, 4.69) is 5.32 Å². The summed E-state index contributed by atoms with van der Waals surface area (Å²) in [5, 5.41) is 2.69. The quantitative estimate of drug-likeness (QED) is 0.170. The van der Waals surface area contributed by atoms with Gasteiger partial charge >= 0.3 is 0 Å². The van der Waals surface area contributed by atoms with Crippen molar-refractivity contribution in [3.05, 3.63) is 114 Å². The molecule has 0 unspecified atom stereocenters. The molecule has 11 heteroatoms. The molecular formula is C35H39N3O6S2. The van der Waals surface area contributed by atoms with Gasteiger partial charge in [0.05, 0.1) is 24.3 Å². The number of carbonyl (C=O) groups is 2. The Bertz CT molecular complexity index is 1700. The number of ether oxygens (including phenoxy) is 2. The van der Waals surface area contributed by atoms with Crippen molar-refractivity contribution >= 4 is 39.3 Å². The van der Waals surface area contributed by atoms with E-state index in [-0.39, 0.29) is 29.5 Å². The zero-order valence-corrected chi connectivity index (χ0v) is 28.0. The molecular weight excluding hydrogens is 623 g/mol. The van der Waals surface area contributed by atoms with Crippen LogP contribution in [-0.2, 0) is 32.6 Å². The predicted octanol–water partition coefficient (Wildman–Crippen LogP) is 5.40. The monoisotopic (exact) mass is 661 g/mol. The zero-order valence-electron chi connectivity index (χ0n) is 26.4. The van der Waals surface area contributed by atoms with E-state index in [1.165, 1.54) is 35.8 Å². The Morgan fingerprint density at radius 2 is 1.54 bits per heavy atom. The molecule has 0 fully saturated rings. The number of likely N-dealkylation sites (N-methyl/N-ethyl adjacent to an activating group) is 1. The van der Waals surface area contributed by atoms with Crippen molar-refractivity contribution in [1.82, 2.24) is 10.2 Å². The summed E-state index contributed by atoms with van der Waals surface area (Å²) in [5.74, 6) is 0.243. The van der Waals surface area contributed by atoms with E-state index in [4.69, 9.17) is 9.47 Å². The number of benzene rings is 4. The molecule has 0 bridgehead atoms. The maximum atomic E-state index is 14.5. The molecule has 242 valence electrons. The van der Waals surface area contributed by atoms with Gasteiger partial charge in [-0.2, -0.15) is 0 Å². The third-order valence-electron chi connectivity index (χ3n) is 7.37. The number of nitrogens with one attached hydrogen (secondary N) is 1. The van der Waals surface area contributed by atoms with Gasteiger partial charge in [-0.15, -0.1) is 11.8 Å². The highest BCUT2D eigenvalue weighted by Gasteiger charge is 2.34. The molecule has 4 aromatic carbocycles. The predicted molar refractivity (Wildman–Crippen MR) is 182 cm³/mol. The van der Waals surface area contributed by atoms with E-state index in [1.807, 2.05) is 49.6 Å². The van der Waals surface area contributed by atoms with Crippen LogP contribution in [0.1, 0.15) is 18.1 Å². The fourth-order valence-corrected chi connectivity index (χ4v) is 6.79. The van der Waals surface area contributed by atoms with Crippen molar-refractivity contribution in [2.24, 2.45) is 0 Å². The van der Waals surface area contributed by atoms with Crippen LogP contribution in [0.2, 0.25) is 0 Å². The zero-order chi connectivity index (χ0) is 33.1. The first-order chi connectivity index (χ1) is 22.2. The Hall–Kier alpha value is -4.48. The lowest BCUT2D eigenvalue weighted by molar-refractivity contribution is -0.139. The van der Waals surface area contributed by atoms with Gasteiger partial charge in [0.15, 0.2) is 0 Å². The van der Waals surface area contributed by atoms with E-state index >= 15 is 0 Å². The van der Waals surface area contributed by atoms with Crippen molar-refractivity contribution in [1.29, 1.82) is 0 Å². The maximum Gasteiger partial charge on any atom is 0.264 e. The fourth-order valence-electron chi connectivity index (χ4n) is 4.97. The minimum atomic E-state index is -4.21. The molecule has 46 heavy (non-hydrogen) atoms. The van der Waals surface area contributed by atoms with Gasteiger partial charge in [0.2, 0.25) is 11.8 Å². The van der Waals surface area contributed by atoms with Crippen molar-refractivity contribution in [2.45, 2.75) is 35.7 Å². The van der Waals surface area contributed by atoms with Crippen molar-refractivity contribution in [3.8, 4) is 11.5 Å². The minimum absolute atomic E-state index is 0.0402. The van der Waals surface area contributed by atoms with E-state index < -0.39 is 28.5 Å². The van der Waals surface area contributed by atoms with Crippen LogP contribution in [0.3, 0.4) is 0 Å². The second-order valence-corrected chi connectivity index (χ2v) is 13.0. The normalized spacial score (nSPS) is 11.7. The van der Waals surface area contributed by atoms with Crippen molar-refractivity contribution in [3.63, 3.8) is 0 Å². The largest absolute Gasteiger partial charge is 0.497 e. The van der Waals surface area contributed by atoms with Gasteiger partial charge in [0, 0.05) is 24.9 Å². The van der Waals surface area contributed by atoms with Crippen LogP contribution in [0.4, 0.5) is 5.69 Å². The van der Waals surface area contributed by atoms with E-state index in [9.17, 15) is 18.0 Å². The van der Waals surface area contributed by atoms with Crippen LogP contribution in [-0.4, -0.2) is 64.7 Å². The number of sulfonamides is 1. The molecule has 0 spiro atoms. The van der Waals surface area contributed by atoms with Gasteiger partial charge in [-0.3, -0.25) is 13.9 Å². The number of hydrogen-bond donors (Lipinski definition) is 1. The lowest BCUT2D eigenvalue weighted by Gasteiger charge is -2.33. The molecule has 0 aliphatic heterocycles. The maximum absolute atomic E-state index is 14.5. The minimum Gasteiger partial charge on any atom is -0.497 e. The average Bonchev–Trinajstić information content (AvgIpc) is 3.09. The molecule has 1 atom stereocenters. The van der Waals surface area contributed by atoms with Crippen molar-refractivity contribution in [2.75, 3.05) is 37.9 Å². The summed E-state index contributed by atoms with van der Waals surface area (Å²) in [6, 6.07) is 28.7. The second-order valence-electron chi connectivity index (χ2n) is 10.3. The fraction of sp³-hybridized carbons (Fsp3) is 0.257. The number of thioether (sulfide) groups is 1. The summed E-state index contributed by atoms with van der Waals surface area (Å²) in [4.78, 5) is 30.3. The first-order valence-electron chi connectivity index (χ1n) is 14.8. The molecule has 2 amide bonds. The molecule has 1 N–H and O–H groups in total. The number of methoxy groups -OCH3 is 1. The summed E-state index contributed by atoms with van der Waals surface area (Å²) in [6.45, 7) is 1.80. The summed E-state index contributed by atoms with van der Waals surface area (Å²) in [6.07, 6.45) is 2.13. The summed E-state index contributed by atoms with van der Waals surface area (Å²) in [5.41, 5.74) is 1.86. The SMILES string of the molecule is CCOc1ccc(N(CC(=O)N(Cc2cccc(OC)c2)[C@@H](Cc2ccccc2)C(=O)NC)S(=O)(=O)c2ccc(SC)cc2)cc1. The van der Waals surface area contributed by atoms with Crippen LogP contribution < -0.4 is 19.1 Å². The topological polar surface area (TPSA) is 105 Å². The lowest BCUT2D eigenvalue weighted by atomic mass is 10.0. The third kappa shape index (κ3) is 8.61. The van der Waals surface area contributed by atoms with E-state index in [0.717, 1.165) is 20.3 Å². The van der Waals surface area contributed by atoms with Gasteiger partial charge < -0.3 is 19.7 Å². The second kappa shape index (κ2) is 16.2. The number of anilines is 1. The number of rotatable bonds is 15. The molecule has 0 radical (unpaired) electrons. The summed E-state index contributed by atoms with van der Waals surface area (Å²) >= 11 is 1.50. The Morgan fingerprint density at radius 1 is 0.870 bits per heavy atom. The van der Waals surface area contributed by atoms with Gasteiger partial charge in [0.25, 0.3) is 10.0 Å². The Labute approximate surface area is 275 Å². The van der Waals surface area contributed by atoms with Crippen LogP contribution in [0, 0.1) is 0 Å². The highest BCUT2D eigenvalue weighted by molar-refractivity contribution is 7.98. The van der Waals surface area contributed by atoms with Crippen LogP contribution in [0.25, 0.3) is 0 Å². The molecule has 0 aliphatic carbocycles. The molecule has 0 heterocycles. The Kier molecular flexibility index (Phi) is 12.1. The average molecular weight is 662 g/mol. The molecule has 4 aromatic rings. The number of carbonyl (C=O) groups excluding carboxylic acids is 2. The summed E-state index contributed by atoms with van der Waals surface area (Å²) < 4.78 is 40.5. The third-order valence-corrected chi connectivity index (χ3v) is 9.90. The first kappa shape index (κ1) is 34.4. The van der Waals surface area contributed by atoms with Crippen LogP contribution in [0.15, 0.2) is 113 Å². The standard InChI is InChI=1S/C35H39N3O6S2/c1-5-44-29-16-14-28(15-17-29)38(46(41,42)32-20-18-31(45-4)19-21-32)25-34(39)37(24-27-12-9-13-30(22-27)43-3)33(35(40)36-2)23-26-10-7-6-8-11-26/h6-22,33H,5,23-25H2,1-4H3,(H,36,40)/t33-/m0/s1. The van der Waals surface area contributed by atoms with Gasteiger partial charge in [-0.25, -0.2) is 8.42 Å². The van der Waals surface area contributed by atoms with Crippen LogP contribution in [0.5, 0.6) is 11.5 Å². The van der Waals surface area contributed by atoms with E-state index in [0.29, 0.717) is 18.1 Å². The number of amides is 2. The molecule has 0 aromatic heterocycles. The number of hydrogen-bond acceptors (Lipinski definition) is 7. The Balaban J connectivity index is 1.79. The smallest absolute Gasteiger partial charge is 0.264 e. The van der Waals surface area contributed by atoms with E-state index in [1.54, 1.807) is 61.7 Å². The first-order valence-corrected chi connectivity index (χ1v) is 17.4. The lowest BCUT2D eigenvalue weighted by Crippen LogP contribution is -2.53.